The Morgan fingerprint density at radius 1 is 1.22 bits per heavy atom. The summed E-state index contributed by atoms with van der Waals surface area (Å²) in [5.74, 6) is -0.602. The number of aromatic amines is 1. The Bertz CT molecular complexity index is 871. The Kier molecular flexibility index (Phi) is 4.12. The highest BCUT2D eigenvalue weighted by Gasteiger charge is 2.12. The van der Waals surface area contributed by atoms with E-state index in [1.807, 2.05) is 24.3 Å². The highest BCUT2D eigenvalue weighted by Crippen LogP contribution is 2.21. The molecule has 23 heavy (non-hydrogen) atoms. The molecule has 118 valence electrons. The number of hydrogen-bond donors (Lipinski definition) is 3. The maximum atomic E-state index is 13.4. The van der Waals surface area contributed by atoms with Crippen molar-refractivity contribution in [3.05, 3.63) is 70.7 Å². The van der Waals surface area contributed by atoms with Crippen molar-refractivity contribution in [3.63, 3.8) is 0 Å². The van der Waals surface area contributed by atoms with E-state index in [-0.39, 0.29) is 18.3 Å². The zero-order valence-electron chi connectivity index (χ0n) is 12.7. The molecule has 0 bridgehead atoms. The molecular weight excluding hydrogens is 295 g/mol. The first-order valence-electron chi connectivity index (χ1n) is 7.33. The second-order valence-electron chi connectivity index (χ2n) is 5.48. The van der Waals surface area contributed by atoms with E-state index < -0.39 is 0 Å². The first-order chi connectivity index (χ1) is 11.1. The van der Waals surface area contributed by atoms with E-state index in [9.17, 15) is 14.3 Å². The Balaban J connectivity index is 1.80. The minimum atomic E-state index is -0.333. The zero-order chi connectivity index (χ0) is 16.4. The Morgan fingerprint density at radius 2 is 1.96 bits per heavy atom. The van der Waals surface area contributed by atoms with Crippen LogP contribution < -0.4 is 5.32 Å². The van der Waals surface area contributed by atoms with E-state index in [1.165, 1.54) is 12.1 Å². The van der Waals surface area contributed by atoms with Crippen LogP contribution in [0.25, 0.3) is 10.9 Å². The average Bonchev–Trinajstić information content (AvgIpc) is 2.97. The van der Waals surface area contributed by atoms with Crippen molar-refractivity contribution in [2.45, 2.75) is 20.1 Å². The number of benzene rings is 2. The molecule has 1 heterocycles. The van der Waals surface area contributed by atoms with Crippen LogP contribution in [0.2, 0.25) is 0 Å². The molecule has 0 aliphatic rings. The molecule has 1 aromatic heterocycles. The maximum Gasteiger partial charge on any atom is 0.267 e. The molecule has 0 fully saturated rings. The molecule has 5 heteroatoms. The van der Waals surface area contributed by atoms with Crippen LogP contribution >= 0.6 is 0 Å². The van der Waals surface area contributed by atoms with E-state index in [1.54, 1.807) is 13.0 Å². The second kappa shape index (κ2) is 6.22. The number of aryl methyl sites for hydroxylation is 1. The smallest absolute Gasteiger partial charge is 0.267 e. The summed E-state index contributed by atoms with van der Waals surface area (Å²) in [7, 11) is 0. The maximum absolute atomic E-state index is 13.4. The largest absolute Gasteiger partial charge is 0.392 e. The predicted molar refractivity (Wildman–Crippen MR) is 86.5 cm³/mol. The van der Waals surface area contributed by atoms with Crippen LogP contribution in [0.3, 0.4) is 0 Å². The number of H-pyrrole nitrogens is 1. The fourth-order valence-electron chi connectivity index (χ4n) is 2.65. The molecule has 3 aromatic rings. The molecule has 0 spiro atoms. The van der Waals surface area contributed by atoms with Gasteiger partial charge in [0.25, 0.3) is 5.91 Å². The highest BCUT2D eigenvalue weighted by atomic mass is 19.1. The first-order valence-corrected chi connectivity index (χ1v) is 7.33. The number of carbonyl (C=O) groups is 1. The van der Waals surface area contributed by atoms with Gasteiger partial charge in [0.1, 0.15) is 11.5 Å². The quantitative estimate of drug-likeness (QED) is 0.693. The summed E-state index contributed by atoms with van der Waals surface area (Å²) < 4.78 is 13.4. The van der Waals surface area contributed by atoms with Crippen molar-refractivity contribution in [2.24, 2.45) is 0 Å². The zero-order valence-corrected chi connectivity index (χ0v) is 12.7. The SMILES string of the molecule is Cc1cc(F)cc2[nH]c(C(=O)NCc3ccccc3CO)cc12. The molecule has 0 saturated heterocycles. The molecule has 4 nitrogen and oxygen atoms in total. The average molecular weight is 312 g/mol. The van der Waals surface area contributed by atoms with Gasteiger partial charge in [-0.1, -0.05) is 24.3 Å². The van der Waals surface area contributed by atoms with Crippen LogP contribution in [0.5, 0.6) is 0 Å². The molecule has 0 atom stereocenters. The monoisotopic (exact) mass is 312 g/mol. The Hall–Kier alpha value is -2.66. The van der Waals surface area contributed by atoms with Crippen molar-refractivity contribution < 1.29 is 14.3 Å². The molecule has 0 aliphatic carbocycles. The lowest BCUT2D eigenvalue weighted by atomic mass is 10.1. The number of aliphatic hydroxyl groups is 1. The van der Waals surface area contributed by atoms with E-state index in [4.69, 9.17) is 0 Å². The molecule has 0 unspecified atom stereocenters. The Morgan fingerprint density at radius 3 is 2.70 bits per heavy atom. The summed E-state index contributed by atoms with van der Waals surface area (Å²) in [5.41, 5.74) is 3.41. The molecule has 2 aromatic carbocycles. The molecular formula is C18H17FN2O2. The van der Waals surface area contributed by atoms with E-state index in [2.05, 4.69) is 10.3 Å². The molecule has 3 N–H and O–H groups in total. The van der Waals surface area contributed by atoms with E-state index in [0.29, 0.717) is 17.8 Å². The van der Waals surface area contributed by atoms with Gasteiger partial charge in [0.2, 0.25) is 0 Å². The molecule has 3 rings (SSSR count). The third-order valence-electron chi connectivity index (χ3n) is 3.88. The van der Waals surface area contributed by atoms with E-state index in [0.717, 1.165) is 22.1 Å². The number of amides is 1. The number of halogens is 1. The van der Waals surface area contributed by atoms with Gasteiger partial charge in [0.15, 0.2) is 0 Å². The number of fused-ring (bicyclic) bond motifs is 1. The summed E-state index contributed by atoms with van der Waals surface area (Å²) in [5, 5.41) is 12.9. The number of rotatable bonds is 4. The van der Waals surface area contributed by atoms with E-state index >= 15 is 0 Å². The van der Waals surface area contributed by atoms with Crippen molar-refractivity contribution in [2.75, 3.05) is 0 Å². The standard InChI is InChI=1S/C18H17FN2O2/c1-11-6-14(19)7-16-15(11)8-17(21-16)18(23)20-9-12-4-2-3-5-13(12)10-22/h2-8,21-22H,9-10H2,1H3,(H,20,23). The fraction of sp³-hybridized carbons (Fsp3) is 0.167. The lowest BCUT2D eigenvalue weighted by molar-refractivity contribution is 0.0946. The number of aliphatic hydroxyl groups excluding tert-OH is 1. The van der Waals surface area contributed by atoms with Crippen molar-refractivity contribution in [1.82, 2.24) is 10.3 Å². The molecule has 0 saturated carbocycles. The normalized spacial score (nSPS) is 10.9. The van der Waals surface area contributed by atoms with Crippen molar-refractivity contribution >= 4 is 16.8 Å². The van der Waals surface area contributed by atoms with Crippen LogP contribution in [-0.4, -0.2) is 16.0 Å². The van der Waals surface area contributed by atoms with Crippen molar-refractivity contribution in [1.29, 1.82) is 0 Å². The van der Waals surface area contributed by atoms with Crippen LogP contribution in [0.4, 0.5) is 4.39 Å². The number of hydrogen-bond acceptors (Lipinski definition) is 2. The first kappa shape index (κ1) is 15.2. The summed E-state index contributed by atoms with van der Waals surface area (Å²) in [4.78, 5) is 15.2. The van der Waals surface area contributed by atoms with Gasteiger partial charge in [0, 0.05) is 17.4 Å². The topological polar surface area (TPSA) is 65.1 Å². The minimum Gasteiger partial charge on any atom is -0.392 e. The predicted octanol–water partition coefficient (Wildman–Crippen LogP) is 3.04. The lowest BCUT2D eigenvalue weighted by Crippen LogP contribution is -2.23. The second-order valence-corrected chi connectivity index (χ2v) is 5.48. The lowest BCUT2D eigenvalue weighted by Gasteiger charge is -2.08. The van der Waals surface area contributed by atoms with Crippen LogP contribution in [0, 0.1) is 12.7 Å². The van der Waals surface area contributed by atoms with Crippen LogP contribution in [0.15, 0.2) is 42.5 Å². The molecule has 0 aliphatic heterocycles. The van der Waals surface area contributed by atoms with Gasteiger partial charge in [0.05, 0.1) is 6.61 Å². The van der Waals surface area contributed by atoms with Crippen molar-refractivity contribution in [3.8, 4) is 0 Å². The van der Waals surface area contributed by atoms with Gasteiger partial charge in [-0.05, 0) is 41.8 Å². The third-order valence-corrected chi connectivity index (χ3v) is 3.88. The Labute approximate surface area is 133 Å². The summed E-state index contributed by atoms with van der Waals surface area (Å²) in [6.45, 7) is 2.05. The number of nitrogens with one attached hydrogen (secondary N) is 2. The summed E-state index contributed by atoms with van der Waals surface area (Å²) >= 11 is 0. The van der Waals surface area contributed by atoms with Gasteiger partial charge in [-0.3, -0.25) is 4.79 Å². The number of aromatic nitrogens is 1. The molecule has 0 radical (unpaired) electrons. The van der Waals surface area contributed by atoms with Gasteiger partial charge in [-0.2, -0.15) is 0 Å². The van der Waals surface area contributed by atoms with Gasteiger partial charge < -0.3 is 15.4 Å². The fourth-order valence-corrected chi connectivity index (χ4v) is 2.65. The highest BCUT2D eigenvalue weighted by molar-refractivity contribution is 5.98. The third kappa shape index (κ3) is 3.10. The van der Waals surface area contributed by atoms with Gasteiger partial charge in [-0.15, -0.1) is 0 Å². The minimum absolute atomic E-state index is 0.0725. The number of carbonyl (C=O) groups excluding carboxylic acids is 1. The van der Waals surface area contributed by atoms with Gasteiger partial charge >= 0.3 is 0 Å². The summed E-state index contributed by atoms with van der Waals surface area (Å²) in [6.07, 6.45) is 0. The van der Waals surface area contributed by atoms with Gasteiger partial charge in [-0.25, -0.2) is 4.39 Å². The summed E-state index contributed by atoms with van der Waals surface area (Å²) in [6, 6.07) is 11.9. The molecule has 1 amide bonds. The van der Waals surface area contributed by atoms with Crippen LogP contribution in [-0.2, 0) is 13.2 Å². The van der Waals surface area contributed by atoms with Crippen LogP contribution in [0.1, 0.15) is 27.2 Å².